The Kier molecular flexibility index (Phi) is 4.09. The van der Waals surface area contributed by atoms with E-state index >= 15 is 0 Å². The third-order valence-corrected chi connectivity index (χ3v) is 4.61. The van der Waals surface area contributed by atoms with Crippen LogP contribution in [0.5, 0.6) is 0 Å². The number of aryl methyl sites for hydroxylation is 3. The largest absolute Gasteiger partial charge is 0.475 e. The van der Waals surface area contributed by atoms with Crippen molar-refractivity contribution in [3.05, 3.63) is 52.5 Å². The van der Waals surface area contributed by atoms with Gasteiger partial charge in [0.15, 0.2) is 0 Å². The van der Waals surface area contributed by atoms with E-state index in [-0.39, 0.29) is 11.5 Å². The highest BCUT2D eigenvalue weighted by molar-refractivity contribution is 7.84. The molecule has 5 heteroatoms. The van der Waals surface area contributed by atoms with E-state index in [9.17, 15) is 9.00 Å². The minimum Gasteiger partial charge on any atom is -0.475 e. The van der Waals surface area contributed by atoms with Crippen molar-refractivity contribution in [2.24, 2.45) is 0 Å². The van der Waals surface area contributed by atoms with Gasteiger partial charge in [-0.3, -0.25) is 4.21 Å². The Bertz CT molecular complexity index is 685. The zero-order valence-electron chi connectivity index (χ0n) is 11.6. The maximum Gasteiger partial charge on any atom is 0.371 e. The Morgan fingerprint density at radius 2 is 1.90 bits per heavy atom. The van der Waals surface area contributed by atoms with Crippen molar-refractivity contribution < 1.29 is 18.5 Å². The molecule has 4 nitrogen and oxygen atoms in total. The van der Waals surface area contributed by atoms with Gasteiger partial charge in [-0.05, 0) is 50.1 Å². The van der Waals surface area contributed by atoms with Gasteiger partial charge in [0.25, 0.3) is 0 Å². The number of hydrogen-bond donors (Lipinski definition) is 1. The molecule has 1 aromatic carbocycles. The second kappa shape index (κ2) is 5.63. The van der Waals surface area contributed by atoms with Gasteiger partial charge < -0.3 is 9.52 Å². The van der Waals surface area contributed by atoms with Crippen LogP contribution in [0.1, 0.15) is 33.0 Å². The molecule has 0 radical (unpaired) electrons. The monoisotopic (exact) mass is 292 g/mol. The summed E-state index contributed by atoms with van der Waals surface area (Å²) < 4.78 is 17.5. The van der Waals surface area contributed by atoms with Crippen LogP contribution in [0, 0.1) is 20.8 Å². The van der Waals surface area contributed by atoms with Gasteiger partial charge in [0.2, 0.25) is 5.76 Å². The van der Waals surface area contributed by atoms with Gasteiger partial charge in [-0.1, -0.05) is 6.07 Å². The number of aromatic carboxylic acids is 1. The minimum absolute atomic E-state index is 0.116. The zero-order chi connectivity index (χ0) is 14.9. The van der Waals surface area contributed by atoms with Crippen molar-refractivity contribution in [3.8, 4) is 0 Å². The van der Waals surface area contributed by atoms with Crippen LogP contribution in [-0.4, -0.2) is 15.3 Å². The lowest BCUT2D eigenvalue weighted by atomic mass is 10.1. The summed E-state index contributed by atoms with van der Waals surface area (Å²) >= 11 is 0. The number of rotatable bonds is 4. The summed E-state index contributed by atoms with van der Waals surface area (Å²) in [5.41, 5.74) is 2.91. The summed E-state index contributed by atoms with van der Waals surface area (Å²) in [5, 5.41) is 8.87. The summed E-state index contributed by atoms with van der Waals surface area (Å²) in [6.07, 6.45) is 0. The number of carbonyl (C=O) groups is 1. The number of carboxylic acids is 1. The van der Waals surface area contributed by atoms with Gasteiger partial charge in [-0.15, -0.1) is 0 Å². The second-order valence-electron chi connectivity index (χ2n) is 4.73. The quantitative estimate of drug-likeness (QED) is 0.939. The highest BCUT2D eigenvalue weighted by atomic mass is 32.2. The average molecular weight is 292 g/mol. The van der Waals surface area contributed by atoms with Crippen molar-refractivity contribution in [1.29, 1.82) is 0 Å². The molecule has 1 aromatic heterocycles. The number of benzene rings is 1. The first-order valence-electron chi connectivity index (χ1n) is 6.16. The number of furan rings is 1. The highest BCUT2D eigenvalue weighted by Gasteiger charge is 2.16. The molecule has 1 unspecified atom stereocenters. The van der Waals surface area contributed by atoms with Crippen molar-refractivity contribution in [2.45, 2.75) is 31.4 Å². The molecule has 0 amide bonds. The first-order chi connectivity index (χ1) is 9.38. The molecule has 0 bridgehead atoms. The van der Waals surface area contributed by atoms with Crippen LogP contribution < -0.4 is 0 Å². The first-order valence-corrected chi connectivity index (χ1v) is 7.48. The minimum atomic E-state index is -1.22. The fourth-order valence-corrected chi connectivity index (χ4v) is 3.11. The second-order valence-corrected chi connectivity index (χ2v) is 6.18. The molecule has 1 N–H and O–H groups in total. The van der Waals surface area contributed by atoms with Gasteiger partial charge >= 0.3 is 5.97 Å². The molecule has 0 saturated carbocycles. The van der Waals surface area contributed by atoms with E-state index in [1.54, 1.807) is 6.92 Å². The molecular formula is C15H16O4S. The van der Waals surface area contributed by atoms with Crippen LogP contribution in [0.25, 0.3) is 0 Å². The van der Waals surface area contributed by atoms with Crippen LogP contribution in [0.3, 0.4) is 0 Å². The number of hydrogen-bond acceptors (Lipinski definition) is 3. The van der Waals surface area contributed by atoms with E-state index in [1.165, 1.54) is 6.07 Å². The van der Waals surface area contributed by atoms with Gasteiger partial charge in [0.1, 0.15) is 5.76 Å². The third-order valence-electron chi connectivity index (χ3n) is 3.26. The maximum absolute atomic E-state index is 12.3. The van der Waals surface area contributed by atoms with Crippen LogP contribution in [0.2, 0.25) is 0 Å². The van der Waals surface area contributed by atoms with Crippen LogP contribution >= 0.6 is 0 Å². The maximum atomic E-state index is 12.3. The lowest BCUT2D eigenvalue weighted by molar-refractivity contribution is 0.0661. The zero-order valence-corrected chi connectivity index (χ0v) is 12.4. The Labute approximate surface area is 119 Å². The molecule has 0 saturated heterocycles. The topological polar surface area (TPSA) is 67.5 Å². The fourth-order valence-electron chi connectivity index (χ4n) is 1.85. The summed E-state index contributed by atoms with van der Waals surface area (Å²) in [4.78, 5) is 11.6. The summed E-state index contributed by atoms with van der Waals surface area (Å²) in [6.45, 7) is 5.66. The summed E-state index contributed by atoms with van der Waals surface area (Å²) in [5.74, 6) is -0.476. The molecule has 20 heavy (non-hydrogen) atoms. The van der Waals surface area contributed by atoms with E-state index in [0.717, 1.165) is 16.0 Å². The predicted octanol–water partition coefficient (Wildman–Crippen LogP) is 3.21. The molecule has 0 aliphatic carbocycles. The van der Waals surface area contributed by atoms with Gasteiger partial charge in [0.05, 0.1) is 16.6 Å². The molecule has 1 atom stereocenters. The Hall–Kier alpha value is -1.88. The Morgan fingerprint density at radius 1 is 1.20 bits per heavy atom. The molecule has 0 aliphatic heterocycles. The highest BCUT2D eigenvalue weighted by Crippen LogP contribution is 2.20. The molecule has 0 fully saturated rings. The lowest BCUT2D eigenvalue weighted by Crippen LogP contribution is -1.98. The third kappa shape index (κ3) is 2.99. The van der Waals surface area contributed by atoms with Crippen molar-refractivity contribution in [3.63, 3.8) is 0 Å². The molecule has 0 spiro atoms. The van der Waals surface area contributed by atoms with E-state index < -0.39 is 16.8 Å². The van der Waals surface area contributed by atoms with Gasteiger partial charge in [-0.2, -0.15) is 0 Å². The molecule has 106 valence electrons. The normalized spacial score (nSPS) is 12.3. The van der Waals surface area contributed by atoms with Crippen molar-refractivity contribution in [1.82, 2.24) is 0 Å². The van der Waals surface area contributed by atoms with Crippen LogP contribution in [0.4, 0.5) is 0 Å². The molecule has 2 rings (SSSR count). The SMILES string of the molecule is Cc1ccc(S(=O)Cc2cc(C(=O)O)oc2C)cc1C. The lowest BCUT2D eigenvalue weighted by Gasteiger charge is -2.05. The molecular weight excluding hydrogens is 276 g/mol. The van der Waals surface area contributed by atoms with E-state index in [4.69, 9.17) is 9.52 Å². The van der Waals surface area contributed by atoms with E-state index in [2.05, 4.69) is 0 Å². The average Bonchev–Trinajstić information content (AvgIpc) is 2.74. The Morgan fingerprint density at radius 3 is 2.45 bits per heavy atom. The molecule has 1 heterocycles. The standard InChI is InChI=1S/C15H16O4S/c1-9-4-5-13(6-10(9)2)20(18)8-12-7-14(15(16)17)19-11(12)3/h4-7H,8H2,1-3H3,(H,16,17). The predicted molar refractivity (Wildman–Crippen MR) is 76.4 cm³/mol. The van der Waals surface area contributed by atoms with E-state index in [0.29, 0.717) is 11.3 Å². The molecule has 0 aliphatic rings. The van der Waals surface area contributed by atoms with Crippen molar-refractivity contribution >= 4 is 16.8 Å². The summed E-state index contributed by atoms with van der Waals surface area (Å²) in [6, 6.07) is 7.12. The van der Waals surface area contributed by atoms with E-state index in [1.807, 2.05) is 32.0 Å². The smallest absolute Gasteiger partial charge is 0.371 e. The van der Waals surface area contributed by atoms with Gasteiger partial charge in [0, 0.05) is 10.5 Å². The fraction of sp³-hybridized carbons (Fsp3) is 0.267. The summed E-state index contributed by atoms with van der Waals surface area (Å²) in [7, 11) is -1.22. The van der Waals surface area contributed by atoms with Crippen LogP contribution in [-0.2, 0) is 16.6 Å². The molecule has 2 aromatic rings. The van der Waals surface area contributed by atoms with Crippen molar-refractivity contribution in [2.75, 3.05) is 0 Å². The van der Waals surface area contributed by atoms with Gasteiger partial charge in [-0.25, -0.2) is 4.79 Å². The first kappa shape index (κ1) is 14.5. The Balaban J connectivity index is 2.23. The number of carboxylic acid groups (broad SMARTS) is 1. The van der Waals surface area contributed by atoms with Crippen LogP contribution in [0.15, 0.2) is 33.6 Å².